The van der Waals surface area contributed by atoms with Crippen LogP contribution in [0.25, 0.3) is 16.3 Å². The number of rotatable bonds is 2. The van der Waals surface area contributed by atoms with Crippen LogP contribution in [-0.2, 0) is 4.74 Å². The predicted octanol–water partition coefficient (Wildman–Crippen LogP) is 4.01. The van der Waals surface area contributed by atoms with Crippen molar-refractivity contribution >= 4 is 22.2 Å². The molecule has 1 aromatic carbocycles. The molecular weight excluding hydrogens is 469 g/mol. The Labute approximate surface area is 217 Å². The molecule has 2 saturated heterocycles. The Morgan fingerprint density at radius 3 is 2.76 bits per heavy atom. The highest BCUT2D eigenvalue weighted by Crippen LogP contribution is 2.70. The summed E-state index contributed by atoms with van der Waals surface area (Å²) in [5.74, 6) is 0.731. The number of anilines is 1. The first-order valence-corrected chi connectivity index (χ1v) is 13.5. The number of aromatic nitrogens is 1. The monoisotopic (exact) mass is 505 g/mol. The van der Waals surface area contributed by atoms with Gasteiger partial charge in [0, 0.05) is 35.4 Å². The van der Waals surface area contributed by atoms with Gasteiger partial charge in [0.15, 0.2) is 5.67 Å². The molecule has 3 heterocycles. The Balaban J connectivity index is 1.29. The lowest BCUT2D eigenvalue weighted by molar-refractivity contribution is -0.282. The van der Waals surface area contributed by atoms with E-state index in [0.717, 1.165) is 35.6 Å². The minimum absolute atomic E-state index is 0.134. The molecule has 8 atom stereocenters. The third-order valence-corrected chi connectivity index (χ3v) is 10.8. The van der Waals surface area contributed by atoms with E-state index >= 15 is 4.39 Å². The summed E-state index contributed by atoms with van der Waals surface area (Å²) < 4.78 is 23.9. The molecule has 3 aliphatic carbocycles. The maximum atomic E-state index is 16.9. The Morgan fingerprint density at radius 1 is 1.16 bits per heavy atom. The van der Waals surface area contributed by atoms with Gasteiger partial charge in [-0.2, -0.15) is 0 Å². The fourth-order valence-corrected chi connectivity index (χ4v) is 8.80. The normalized spacial score (nSPS) is 44.3. The molecule has 2 aromatic rings. The topological polar surface area (TPSA) is 91.8 Å². The highest BCUT2D eigenvalue weighted by atomic mass is 19.1. The first-order valence-electron chi connectivity index (χ1n) is 13.5. The number of ether oxygens (including phenoxy) is 1. The van der Waals surface area contributed by atoms with Crippen molar-refractivity contribution < 1.29 is 19.3 Å². The number of alkyl halides is 1. The summed E-state index contributed by atoms with van der Waals surface area (Å²) in [6.07, 6.45) is 7.15. The summed E-state index contributed by atoms with van der Waals surface area (Å²) in [6.45, 7) is 2.33. The van der Waals surface area contributed by atoms with Crippen LogP contribution < -0.4 is 5.73 Å². The summed E-state index contributed by atoms with van der Waals surface area (Å²) in [6, 6.07) is 8.04. The highest BCUT2D eigenvalue weighted by Gasteiger charge is 2.76. The minimum atomic E-state index is -1.99. The summed E-state index contributed by atoms with van der Waals surface area (Å²) in [7, 11) is 3.75. The largest absolute Gasteiger partial charge is 0.389 e. The first-order chi connectivity index (χ1) is 17.5. The molecule has 5 aliphatic rings. The van der Waals surface area contributed by atoms with Crippen molar-refractivity contribution in [2.75, 3.05) is 19.8 Å². The predicted molar refractivity (Wildman–Crippen MR) is 141 cm³/mol. The van der Waals surface area contributed by atoms with Crippen LogP contribution in [0.15, 0.2) is 48.2 Å². The number of fused-ring (bicyclic) bond motifs is 2. The minimum Gasteiger partial charge on any atom is -0.389 e. The van der Waals surface area contributed by atoms with E-state index in [2.05, 4.69) is 42.3 Å². The average molecular weight is 506 g/mol. The van der Waals surface area contributed by atoms with Crippen molar-refractivity contribution in [2.24, 2.45) is 11.3 Å². The van der Waals surface area contributed by atoms with Gasteiger partial charge in [-0.3, -0.25) is 0 Å². The summed E-state index contributed by atoms with van der Waals surface area (Å²) in [5, 5.41) is 24.0. The van der Waals surface area contributed by atoms with Crippen molar-refractivity contribution in [3.63, 3.8) is 0 Å². The van der Waals surface area contributed by atoms with Crippen molar-refractivity contribution in [3.05, 3.63) is 53.8 Å². The molecule has 7 heteroatoms. The van der Waals surface area contributed by atoms with Crippen LogP contribution in [0, 0.1) is 11.3 Å². The number of hydrogen-bond acceptors (Lipinski definition) is 6. The second kappa shape index (κ2) is 7.41. The lowest BCUT2D eigenvalue weighted by atomic mass is 9.56. The fraction of sp³-hybridized carbons (Fsp3) is 0.567. The standard InChI is InChI=1S/C30H36FN3O3/c1-27-10-8-19-15-30(31)25(36)24(35)22(34(2)3)16-28(30)11-12-29(19,37-28)23(27)7-6-21(27)18-4-5-20-17(14-18)9-13-33-26(20)32/h4-6,8-9,13-14,22-25,35-36H,7,10-12,15-16H2,1-3H3,(H2,32,33). The number of halogens is 1. The molecule has 0 amide bonds. The number of aliphatic hydroxyl groups is 2. The molecule has 6 nitrogen and oxygen atoms in total. The number of aliphatic hydroxyl groups excluding tert-OH is 2. The van der Waals surface area contributed by atoms with Gasteiger partial charge in [-0.25, -0.2) is 9.37 Å². The Kier molecular flexibility index (Phi) is 4.76. The number of nitrogens with two attached hydrogens (primary N) is 1. The number of likely N-dealkylation sites (N-methyl/N-ethyl adjacent to an activating group) is 1. The van der Waals surface area contributed by atoms with Crippen molar-refractivity contribution in [1.82, 2.24) is 9.88 Å². The number of benzene rings is 1. The van der Waals surface area contributed by atoms with Crippen molar-refractivity contribution in [3.8, 4) is 0 Å². The maximum Gasteiger partial charge on any atom is 0.171 e. The Hall–Kier alpha value is -2.32. The van der Waals surface area contributed by atoms with Gasteiger partial charge in [-0.05, 0) is 80.4 Å². The van der Waals surface area contributed by atoms with Gasteiger partial charge >= 0.3 is 0 Å². The molecule has 2 aliphatic heterocycles. The third-order valence-electron chi connectivity index (χ3n) is 10.8. The van der Waals surface area contributed by atoms with Gasteiger partial charge in [-0.15, -0.1) is 0 Å². The molecule has 7 rings (SSSR count). The molecule has 3 fully saturated rings. The second-order valence-corrected chi connectivity index (χ2v) is 12.6. The molecule has 37 heavy (non-hydrogen) atoms. The quantitative estimate of drug-likeness (QED) is 0.534. The highest BCUT2D eigenvalue weighted by molar-refractivity contribution is 5.93. The second-order valence-electron chi connectivity index (χ2n) is 12.6. The zero-order valence-electron chi connectivity index (χ0n) is 21.7. The maximum absolute atomic E-state index is 16.9. The van der Waals surface area contributed by atoms with Crippen LogP contribution in [0.1, 0.15) is 51.0 Å². The van der Waals surface area contributed by atoms with Gasteiger partial charge in [0.2, 0.25) is 0 Å². The van der Waals surface area contributed by atoms with E-state index < -0.39 is 29.1 Å². The Morgan fingerprint density at radius 2 is 1.97 bits per heavy atom. The zero-order chi connectivity index (χ0) is 26.0. The lowest BCUT2D eigenvalue weighted by Gasteiger charge is -2.61. The van der Waals surface area contributed by atoms with E-state index in [1.165, 1.54) is 11.1 Å². The molecule has 8 unspecified atom stereocenters. The number of nitrogens with zero attached hydrogens (tertiary/aromatic N) is 2. The van der Waals surface area contributed by atoms with E-state index in [9.17, 15) is 10.2 Å². The van der Waals surface area contributed by atoms with Crippen molar-refractivity contribution in [2.45, 2.75) is 80.6 Å². The van der Waals surface area contributed by atoms with Crippen LogP contribution in [0.3, 0.4) is 0 Å². The molecule has 2 bridgehead atoms. The van der Waals surface area contributed by atoms with E-state index in [1.807, 2.05) is 25.1 Å². The molecule has 2 spiro atoms. The number of allylic oxidation sites excluding steroid dienone is 3. The van der Waals surface area contributed by atoms with Gasteiger partial charge < -0.3 is 25.6 Å². The number of pyridine rings is 1. The van der Waals surface area contributed by atoms with Crippen LogP contribution in [0.4, 0.5) is 10.2 Å². The molecule has 0 radical (unpaired) electrons. The summed E-state index contributed by atoms with van der Waals surface area (Å²) in [4.78, 5) is 6.11. The van der Waals surface area contributed by atoms with Crippen LogP contribution in [0.5, 0.6) is 0 Å². The van der Waals surface area contributed by atoms with Crippen LogP contribution in [-0.4, -0.2) is 69.3 Å². The van der Waals surface area contributed by atoms with Crippen LogP contribution >= 0.6 is 0 Å². The first kappa shape index (κ1) is 23.8. The molecule has 4 N–H and O–H groups in total. The smallest absolute Gasteiger partial charge is 0.171 e. The Bertz CT molecular complexity index is 1380. The SMILES string of the molecule is CN(C)C1CC23CCC4(O2)C(=CCC2(C)C(c5ccc6c(N)nccc6c5)=CCC24)CC3(F)C(O)C1O. The fourth-order valence-electron chi connectivity index (χ4n) is 8.80. The van der Waals surface area contributed by atoms with E-state index in [4.69, 9.17) is 10.5 Å². The summed E-state index contributed by atoms with van der Waals surface area (Å²) >= 11 is 0. The van der Waals surface area contributed by atoms with E-state index in [1.54, 1.807) is 6.20 Å². The molecular formula is C30H36FN3O3. The molecule has 1 saturated carbocycles. The average Bonchev–Trinajstić information content (AvgIpc) is 3.40. The van der Waals surface area contributed by atoms with Gasteiger partial charge in [0.05, 0.1) is 11.7 Å². The van der Waals surface area contributed by atoms with Crippen LogP contribution in [0.2, 0.25) is 0 Å². The summed E-state index contributed by atoms with van der Waals surface area (Å²) in [5.41, 5.74) is 5.81. The van der Waals surface area contributed by atoms with Gasteiger partial charge in [0.25, 0.3) is 0 Å². The zero-order valence-corrected chi connectivity index (χ0v) is 21.7. The third kappa shape index (κ3) is 2.81. The molecule has 196 valence electrons. The van der Waals surface area contributed by atoms with E-state index in [0.29, 0.717) is 18.7 Å². The molecule has 1 aromatic heterocycles. The van der Waals surface area contributed by atoms with Gasteiger partial charge in [-0.1, -0.05) is 31.2 Å². The lowest BCUT2D eigenvalue weighted by Crippen LogP contribution is -2.73. The van der Waals surface area contributed by atoms with Crippen molar-refractivity contribution in [1.29, 1.82) is 0 Å². The van der Waals surface area contributed by atoms with E-state index in [-0.39, 0.29) is 23.8 Å². The number of nitrogen functional groups attached to an aromatic ring is 1. The number of hydrogen-bond donors (Lipinski definition) is 3. The van der Waals surface area contributed by atoms with Gasteiger partial charge in [0.1, 0.15) is 17.5 Å².